The summed E-state index contributed by atoms with van der Waals surface area (Å²) in [5.41, 5.74) is 0.435. The minimum Gasteiger partial charge on any atom is -0.313 e. The van der Waals surface area contributed by atoms with Crippen molar-refractivity contribution in [3.05, 3.63) is 5.82 Å². The predicted octanol–water partition coefficient (Wildman–Crippen LogP) is 3.79. The summed E-state index contributed by atoms with van der Waals surface area (Å²) >= 11 is 1.85. The van der Waals surface area contributed by atoms with E-state index in [4.69, 9.17) is 0 Å². The first kappa shape index (κ1) is 16.8. The molecule has 4 nitrogen and oxygen atoms in total. The molecule has 1 saturated carbocycles. The maximum atomic E-state index is 4.48. The molecule has 2 rings (SSSR count). The van der Waals surface area contributed by atoms with E-state index in [1.165, 1.54) is 25.7 Å². The van der Waals surface area contributed by atoms with Crippen molar-refractivity contribution in [2.24, 2.45) is 11.3 Å². The van der Waals surface area contributed by atoms with Crippen LogP contribution in [0.15, 0.2) is 5.16 Å². The molecule has 1 aliphatic carbocycles. The summed E-state index contributed by atoms with van der Waals surface area (Å²) in [6.45, 7) is 12.4. The summed E-state index contributed by atoms with van der Waals surface area (Å²) in [6.07, 6.45) is 5.11. The van der Waals surface area contributed by atoms with Crippen molar-refractivity contribution >= 4 is 11.8 Å². The highest BCUT2D eigenvalue weighted by atomic mass is 32.2. The van der Waals surface area contributed by atoms with Crippen LogP contribution in [0.25, 0.3) is 0 Å². The Bertz CT molecular complexity index is 443. The van der Waals surface area contributed by atoms with Gasteiger partial charge in [-0.25, -0.2) is 4.98 Å². The van der Waals surface area contributed by atoms with E-state index < -0.39 is 0 Å². The third-order valence-corrected chi connectivity index (χ3v) is 6.33. The number of nitrogens with zero attached hydrogens (tertiary/aromatic N) is 2. The van der Waals surface area contributed by atoms with Gasteiger partial charge in [-0.05, 0) is 44.1 Å². The second-order valence-electron chi connectivity index (χ2n) is 6.88. The quantitative estimate of drug-likeness (QED) is 0.839. The number of aryl methyl sites for hydroxylation is 1. The summed E-state index contributed by atoms with van der Waals surface area (Å²) in [5, 5.41) is 12.4. The second kappa shape index (κ2) is 7.14. The minimum atomic E-state index is 0.435. The van der Waals surface area contributed by atoms with Gasteiger partial charge in [-0.2, -0.15) is 0 Å². The number of aromatic nitrogens is 3. The number of hydrogen-bond donors (Lipinski definition) is 2. The predicted molar refractivity (Wildman–Crippen MR) is 89.6 cm³/mol. The van der Waals surface area contributed by atoms with Gasteiger partial charge in [-0.1, -0.05) is 45.9 Å². The van der Waals surface area contributed by atoms with Crippen molar-refractivity contribution in [2.75, 3.05) is 6.54 Å². The molecule has 120 valence electrons. The van der Waals surface area contributed by atoms with Crippen molar-refractivity contribution in [3.63, 3.8) is 0 Å². The summed E-state index contributed by atoms with van der Waals surface area (Å²) in [4.78, 5) is 4.48. The number of aromatic amines is 1. The number of hydrogen-bond acceptors (Lipinski definition) is 4. The van der Waals surface area contributed by atoms with Gasteiger partial charge in [0.05, 0.1) is 0 Å². The second-order valence-corrected chi connectivity index (χ2v) is 8.08. The Morgan fingerprint density at radius 3 is 2.67 bits per heavy atom. The Labute approximate surface area is 133 Å². The van der Waals surface area contributed by atoms with Crippen LogP contribution in [0.4, 0.5) is 0 Å². The highest BCUT2D eigenvalue weighted by Gasteiger charge is 2.37. The van der Waals surface area contributed by atoms with Crippen LogP contribution in [0.3, 0.4) is 0 Å². The van der Waals surface area contributed by atoms with E-state index >= 15 is 0 Å². The summed E-state index contributed by atoms with van der Waals surface area (Å²) in [7, 11) is 0. The van der Waals surface area contributed by atoms with Crippen LogP contribution >= 0.6 is 11.8 Å². The van der Waals surface area contributed by atoms with Gasteiger partial charge in [0.2, 0.25) is 5.16 Å². The average Bonchev–Trinajstić information content (AvgIpc) is 2.86. The summed E-state index contributed by atoms with van der Waals surface area (Å²) < 4.78 is 0. The van der Waals surface area contributed by atoms with E-state index in [0.717, 1.165) is 23.4 Å². The maximum Gasteiger partial charge on any atom is 0.208 e. The zero-order chi connectivity index (χ0) is 15.5. The van der Waals surface area contributed by atoms with Gasteiger partial charge < -0.3 is 5.32 Å². The standard InChI is InChI=1S/C16H30N4S/c1-6-16(4,5)12-8-9-13(17-7-2)14(10-12)21-15-18-11(3)19-20-15/h12-14,17H,6-10H2,1-5H3,(H,18,19,20). The number of thioether (sulfide) groups is 1. The topological polar surface area (TPSA) is 53.6 Å². The molecule has 1 heterocycles. The number of H-pyrrole nitrogens is 1. The first-order valence-corrected chi connectivity index (χ1v) is 9.13. The Morgan fingerprint density at radius 2 is 2.10 bits per heavy atom. The molecule has 0 spiro atoms. The van der Waals surface area contributed by atoms with Crippen molar-refractivity contribution in [1.82, 2.24) is 20.5 Å². The lowest BCUT2D eigenvalue weighted by atomic mass is 9.68. The zero-order valence-corrected chi connectivity index (χ0v) is 14.9. The molecule has 1 aliphatic rings. The fourth-order valence-corrected chi connectivity index (χ4v) is 4.55. The Balaban J connectivity index is 2.07. The molecule has 0 saturated heterocycles. The molecule has 0 bridgehead atoms. The number of rotatable bonds is 6. The van der Waals surface area contributed by atoms with Crippen LogP contribution in [-0.2, 0) is 0 Å². The first-order valence-electron chi connectivity index (χ1n) is 8.25. The summed E-state index contributed by atoms with van der Waals surface area (Å²) in [6, 6.07) is 0.586. The van der Waals surface area contributed by atoms with E-state index in [2.05, 4.69) is 48.2 Å². The highest BCUT2D eigenvalue weighted by Crippen LogP contribution is 2.44. The molecule has 1 fully saturated rings. The number of nitrogens with one attached hydrogen (secondary N) is 2. The van der Waals surface area contributed by atoms with Crippen molar-refractivity contribution in [2.45, 2.75) is 76.8 Å². The first-order chi connectivity index (χ1) is 9.96. The largest absolute Gasteiger partial charge is 0.313 e. The van der Waals surface area contributed by atoms with Gasteiger partial charge in [0.25, 0.3) is 0 Å². The highest BCUT2D eigenvalue weighted by molar-refractivity contribution is 7.99. The molecule has 0 aliphatic heterocycles. The normalized spacial score (nSPS) is 27.0. The fourth-order valence-electron chi connectivity index (χ4n) is 3.26. The van der Waals surface area contributed by atoms with E-state index in [0.29, 0.717) is 16.7 Å². The Kier molecular flexibility index (Phi) is 5.72. The molecule has 21 heavy (non-hydrogen) atoms. The van der Waals surface area contributed by atoms with Crippen LogP contribution in [0.2, 0.25) is 0 Å². The van der Waals surface area contributed by atoms with E-state index in [1.807, 2.05) is 18.7 Å². The van der Waals surface area contributed by atoms with Crippen molar-refractivity contribution in [1.29, 1.82) is 0 Å². The maximum absolute atomic E-state index is 4.48. The van der Waals surface area contributed by atoms with Gasteiger partial charge in [0.1, 0.15) is 5.82 Å². The van der Waals surface area contributed by atoms with Gasteiger partial charge in [-0.15, -0.1) is 5.10 Å². The third-order valence-electron chi connectivity index (χ3n) is 5.11. The van der Waals surface area contributed by atoms with Gasteiger partial charge >= 0.3 is 0 Å². The van der Waals surface area contributed by atoms with Crippen molar-refractivity contribution in [3.8, 4) is 0 Å². The molecule has 0 radical (unpaired) electrons. The lowest BCUT2D eigenvalue weighted by Gasteiger charge is -2.42. The lowest BCUT2D eigenvalue weighted by Crippen LogP contribution is -2.45. The van der Waals surface area contributed by atoms with Gasteiger partial charge in [0, 0.05) is 11.3 Å². The molecule has 0 amide bonds. The molecule has 1 aromatic heterocycles. The van der Waals surface area contributed by atoms with Crippen LogP contribution in [-0.4, -0.2) is 33.0 Å². The van der Waals surface area contributed by atoms with Crippen LogP contribution < -0.4 is 5.32 Å². The molecule has 1 aromatic rings. The fraction of sp³-hybridized carbons (Fsp3) is 0.875. The lowest BCUT2D eigenvalue weighted by molar-refractivity contribution is 0.141. The Morgan fingerprint density at radius 1 is 1.33 bits per heavy atom. The molecule has 2 N–H and O–H groups in total. The molecular weight excluding hydrogens is 280 g/mol. The third kappa shape index (κ3) is 4.22. The molecule has 5 heteroatoms. The SMILES string of the molecule is CCNC1CCC(C(C)(C)CC)CC1Sc1n[nH]c(C)n1. The van der Waals surface area contributed by atoms with Crippen molar-refractivity contribution < 1.29 is 0 Å². The molecular formula is C16H30N4S. The molecule has 3 unspecified atom stereocenters. The van der Waals surface area contributed by atoms with Crippen LogP contribution in [0.5, 0.6) is 0 Å². The van der Waals surface area contributed by atoms with Crippen LogP contribution in [0.1, 0.15) is 59.2 Å². The zero-order valence-electron chi connectivity index (χ0n) is 14.1. The minimum absolute atomic E-state index is 0.435. The summed E-state index contributed by atoms with van der Waals surface area (Å²) in [5.74, 6) is 1.70. The molecule has 3 atom stereocenters. The molecule has 0 aromatic carbocycles. The van der Waals surface area contributed by atoms with E-state index in [9.17, 15) is 0 Å². The van der Waals surface area contributed by atoms with Gasteiger partial charge in [0.15, 0.2) is 0 Å². The van der Waals surface area contributed by atoms with E-state index in [1.54, 1.807) is 0 Å². The smallest absolute Gasteiger partial charge is 0.208 e. The van der Waals surface area contributed by atoms with Gasteiger partial charge in [-0.3, -0.25) is 5.10 Å². The average molecular weight is 311 g/mol. The van der Waals surface area contributed by atoms with Crippen LogP contribution in [0, 0.1) is 18.3 Å². The monoisotopic (exact) mass is 310 g/mol. The van der Waals surface area contributed by atoms with E-state index in [-0.39, 0.29) is 0 Å². The Hall–Kier alpha value is -0.550.